The molecular formula is C8H14N2O2. The monoisotopic (exact) mass is 170 g/mol. The molecule has 0 bridgehead atoms. The van der Waals surface area contributed by atoms with E-state index in [0.29, 0.717) is 24.5 Å². The third kappa shape index (κ3) is 0.982. The minimum Gasteiger partial charge on any atom is -0.465 e. The SMILES string of the molecule is C[C@]12CCN(C(=O)O)C[C@H]1NC2. The highest BCUT2D eigenvalue weighted by Gasteiger charge is 2.46. The Labute approximate surface area is 71.5 Å². The van der Waals surface area contributed by atoms with Crippen LogP contribution >= 0.6 is 0 Å². The Morgan fingerprint density at radius 3 is 2.92 bits per heavy atom. The molecule has 0 unspecified atom stereocenters. The zero-order valence-corrected chi connectivity index (χ0v) is 7.21. The summed E-state index contributed by atoms with van der Waals surface area (Å²) in [7, 11) is 0. The number of carbonyl (C=O) groups is 1. The van der Waals surface area contributed by atoms with Gasteiger partial charge in [-0.25, -0.2) is 4.79 Å². The van der Waals surface area contributed by atoms with Crippen LogP contribution in [0.2, 0.25) is 0 Å². The zero-order valence-electron chi connectivity index (χ0n) is 7.21. The molecule has 4 nitrogen and oxygen atoms in total. The Balaban J connectivity index is 2.00. The van der Waals surface area contributed by atoms with Crippen LogP contribution in [0.3, 0.4) is 0 Å². The molecule has 12 heavy (non-hydrogen) atoms. The third-order valence-corrected chi connectivity index (χ3v) is 3.22. The first-order valence-electron chi connectivity index (χ1n) is 4.33. The van der Waals surface area contributed by atoms with Crippen molar-refractivity contribution < 1.29 is 9.90 Å². The first kappa shape index (κ1) is 7.86. The number of nitrogens with zero attached hydrogens (tertiary/aromatic N) is 1. The van der Waals surface area contributed by atoms with Crippen LogP contribution in [0.15, 0.2) is 0 Å². The molecule has 0 spiro atoms. The molecular weight excluding hydrogens is 156 g/mol. The van der Waals surface area contributed by atoms with Gasteiger partial charge in [0.15, 0.2) is 0 Å². The van der Waals surface area contributed by atoms with E-state index >= 15 is 0 Å². The number of hydrogen-bond donors (Lipinski definition) is 2. The number of amides is 1. The summed E-state index contributed by atoms with van der Waals surface area (Å²) >= 11 is 0. The molecule has 2 saturated heterocycles. The molecule has 2 heterocycles. The molecule has 0 aliphatic carbocycles. The van der Waals surface area contributed by atoms with Crippen molar-refractivity contribution in [1.82, 2.24) is 10.2 Å². The number of hydrogen-bond acceptors (Lipinski definition) is 2. The molecule has 4 heteroatoms. The molecule has 2 N–H and O–H groups in total. The topological polar surface area (TPSA) is 52.6 Å². The summed E-state index contributed by atoms with van der Waals surface area (Å²) in [5.74, 6) is 0. The summed E-state index contributed by atoms with van der Waals surface area (Å²) in [6, 6.07) is 0.391. The highest BCUT2D eigenvalue weighted by molar-refractivity contribution is 5.65. The van der Waals surface area contributed by atoms with Gasteiger partial charge in [0.25, 0.3) is 0 Å². The average molecular weight is 170 g/mol. The maximum Gasteiger partial charge on any atom is 0.407 e. The van der Waals surface area contributed by atoms with Gasteiger partial charge in [0, 0.05) is 25.7 Å². The van der Waals surface area contributed by atoms with Crippen molar-refractivity contribution in [2.24, 2.45) is 5.41 Å². The number of likely N-dealkylation sites (tertiary alicyclic amines) is 1. The second kappa shape index (κ2) is 2.36. The van der Waals surface area contributed by atoms with Crippen molar-refractivity contribution in [2.75, 3.05) is 19.6 Å². The second-order valence-corrected chi connectivity index (χ2v) is 4.07. The van der Waals surface area contributed by atoms with Crippen LogP contribution < -0.4 is 5.32 Å². The summed E-state index contributed by atoms with van der Waals surface area (Å²) in [5.41, 5.74) is 0.367. The van der Waals surface area contributed by atoms with Crippen molar-refractivity contribution in [3.05, 3.63) is 0 Å². The van der Waals surface area contributed by atoms with E-state index in [9.17, 15) is 4.79 Å². The van der Waals surface area contributed by atoms with Gasteiger partial charge in [0.1, 0.15) is 0 Å². The largest absolute Gasteiger partial charge is 0.465 e. The van der Waals surface area contributed by atoms with Gasteiger partial charge in [0.2, 0.25) is 0 Å². The van der Waals surface area contributed by atoms with Crippen molar-refractivity contribution in [3.63, 3.8) is 0 Å². The normalized spacial score (nSPS) is 40.1. The maximum absolute atomic E-state index is 10.6. The van der Waals surface area contributed by atoms with Gasteiger partial charge in [-0.05, 0) is 11.8 Å². The first-order valence-corrected chi connectivity index (χ1v) is 4.33. The Bertz CT molecular complexity index is 219. The lowest BCUT2D eigenvalue weighted by atomic mass is 9.70. The van der Waals surface area contributed by atoms with Crippen molar-refractivity contribution in [3.8, 4) is 0 Å². The predicted octanol–water partition coefficient (Wildman–Crippen LogP) is 0.348. The van der Waals surface area contributed by atoms with E-state index in [1.807, 2.05) is 0 Å². The fraction of sp³-hybridized carbons (Fsp3) is 0.875. The molecule has 0 aromatic carbocycles. The molecule has 2 atom stereocenters. The van der Waals surface area contributed by atoms with Crippen LogP contribution in [0.5, 0.6) is 0 Å². The predicted molar refractivity (Wildman–Crippen MR) is 44.1 cm³/mol. The number of carboxylic acid groups (broad SMARTS) is 1. The Kier molecular flexibility index (Phi) is 1.54. The number of rotatable bonds is 0. The van der Waals surface area contributed by atoms with Crippen molar-refractivity contribution in [2.45, 2.75) is 19.4 Å². The Hall–Kier alpha value is -0.770. The Morgan fingerprint density at radius 2 is 2.50 bits per heavy atom. The van der Waals surface area contributed by atoms with Crippen molar-refractivity contribution in [1.29, 1.82) is 0 Å². The van der Waals surface area contributed by atoms with E-state index in [-0.39, 0.29) is 0 Å². The van der Waals surface area contributed by atoms with Crippen LogP contribution in [0.4, 0.5) is 4.79 Å². The maximum atomic E-state index is 10.6. The van der Waals surface area contributed by atoms with E-state index < -0.39 is 6.09 Å². The van der Waals surface area contributed by atoms with Crippen LogP contribution in [-0.2, 0) is 0 Å². The van der Waals surface area contributed by atoms with Gasteiger partial charge >= 0.3 is 6.09 Å². The fourth-order valence-electron chi connectivity index (χ4n) is 2.02. The molecule has 1 amide bonds. The quantitative estimate of drug-likeness (QED) is 0.551. The zero-order chi connectivity index (χ0) is 8.77. The van der Waals surface area contributed by atoms with E-state index in [1.165, 1.54) is 4.90 Å². The van der Waals surface area contributed by atoms with Gasteiger partial charge in [-0.1, -0.05) is 6.92 Å². The van der Waals surface area contributed by atoms with Crippen molar-refractivity contribution >= 4 is 6.09 Å². The lowest BCUT2D eigenvalue weighted by Gasteiger charge is -2.53. The molecule has 0 saturated carbocycles. The third-order valence-electron chi connectivity index (χ3n) is 3.22. The first-order chi connectivity index (χ1) is 5.62. The number of fused-ring (bicyclic) bond motifs is 1. The highest BCUT2D eigenvalue weighted by Crippen LogP contribution is 2.36. The smallest absolute Gasteiger partial charge is 0.407 e. The van der Waals surface area contributed by atoms with Crippen LogP contribution in [0, 0.1) is 5.41 Å². The fourth-order valence-corrected chi connectivity index (χ4v) is 2.02. The molecule has 0 radical (unpaired) electrons. The molecule has 0 aromatic heterocycles. The molecule has 2 aliphatic rings. The summed E-state index contributed by atoms with van der Waals surface area (Å²) < 4.78 is 0. The van der Waals surface area contributed by atoms with Crippen LogP contribution in [0.25, 0.3) is 0 Å². The lowest BCUT2D eigenvalue weighted by Crippen LogP contribution is -2.68. The molecule has 68 valence electrons. The molecule has 2 rings (SSSR count). The number of piperidine rings is 1. The second-order valence-electron chi connectivity index (χ2n) is 4.07. The van der Waals surface area contributed by atoms with E-state index in [0.717, 1.165) is 13.0 Å². The molecule has 2 fully saturated rings. The minimum atomic E-state index is -0.786. The van der Waals surface area contributed by atoms with E-state index in [2.05, 4.69) is 12.2 Å². The average Bonchev–Trinajstić information content (AvgIpc) is 1.99. The summed E-state index contributed by atoms with van der Waals surface area (Å²) in [5, 5.41) is 12.0. The van der Waals surface area contributed by atoms with E-state index in [1.54, 1.807) is 0 Å². The highest BCUT2D eigenvalue weighted by atomic mass is 16.4. The summed E-state index contributed by atoms with van der Waals surface area (Å²) in [4.78, 5) is 12.1. The van der Waals surface area contributed by atoms with E-state index in [4.69, 9.17) is 5.11 Å². The standard InChI is InChI=1S/C8H14N2O2/c1-8-2-3-10(7(11)12)4-6(8)9-5-8/h6,9H,2-5H2,1H3,(H,11,12)/t6-,8-/m1/s1. The molecule has 2 aliphatic heterocycles. The number of nitrogens with one attached hydrogen (secondary N) is 1. The summed E-state index contributed by atoms with van der Waals surface area (Å²) in [6.45, 7) is 4.63. The summed E-state index contributed by atoms with van der Waals surface area (Å²) in [6.07, 6.45) is 0.211. The van der Waals surface area contributed by atoms with Crippen LogP contribution in [-0.4, -0.2) is 41.8 Å². The van der Waals surface area contributed by atoms with Gasteiger partial charge in [-0.3, -0.25) is 0 Å². The lowest BCUT2D eigenvalue weighted by molar-refractivity contribution is 0.0116. The van der Waals surface area contributed by atoms with Gasteiger partial charge < -0.3 is 15.3 Å². The Morgan fingerprint density at radius 1 is 1.75 bits per heavy atom. The van der Waals surface area contributed by atoms with Gasteiger partial charge in [-0.15, -0.1) is 0 Å². The van der Waals surface area contributed by atoms with Gasteiger partial charge in [-0.2, -0.15) is 0 Å². The van der Waals surface area contributed by atoms with Gasteiger partial charge in [0.05, 0.1) is 0 Å². The minimum absolute atomic E-state index is 0.367. The van der Waals surface area contributed by atoms with Crippen LogP contribution in [0.1, 0.15) is 13.3 Å². The molecule has 0 aromatic rings.